The number of hydrogen-bond donors (Lipinski definition) is 0. The third-order valence-electron chi connectivity index (χ3n) is 11.8. The molecule has 0 radical (unpaired) electrons. The van der Waals surface area contributed by atoms with E-state index in [1.807, 2.05) is 47.4 Å². The molecule has 0 aromatic heterocycles. The fourth-order valence-electron chi connectivity index (χ4n) is 9.27. The van der Waals surface area contributed by atoms with Crippen LogP contribution in [0.25, 0.3) is 54.9 Å². The van der Waals surface area contributed by atoms with Crippen molar-refractivity contribution in [3.63, 3.8) is 0 Å². The summed E-state index contributed by atoms with van der Waals surface area (Å²) in [6.07, 6.45) is 0. The van der Waals surface area contributed by atoms with Crippen molar-refractivity contribution in [2.75, 3.05) is 4.90 Å². The van der Waals surface area contributed by atoms with E-state index in [1.54, 1.807) is 0 Å². The van der Waals surface area contributed by atoms with Crippen LogP contribution in [0.4, 0.5) is 17.1 Å². The Kier molecular flexibility index (Phi) is 7.14. The Bertz CT molecular complexity index is 3290. The second-order valence-electron chi connectivity index (χ2n) is 14.9. The Morgan fingerprint density at radius 2 is 0.879 bits per heavy atom. The van der Waals surface area contributed by atoms with E-state index in [0.29, 0.717) is 11.1 Å². The number of rotatable bonds is 7. The molecule has 0 N–H and O–H groups in total. The predicted octanol–water partition coefficient (Wildman–Crippen LogP) is 15.2. The molecule has 0 saturated carbocycles. The largest absolute Gasteiger partial charge is 0.310 e. The molecule has 58 heavy (non-hydrogen) atoms. The Morgan fingerprint density at radius 1 is 0.362 bits per heavy atom. The minimum atomic E-state index is -0.679. The van der Waals surface area contributed by atoms with Crippen LogP contribution in [0.5, 0.6) is 0 Å². The van der Waals surface area contributed by atoms with Gasteiger partial charge in [0.15, 0.2) is 0 Å². The van der Waals surface area contributed by atoms with Crippen LogP contribution in [0.3, 0.4) is 0 Å². The van der Waals surface area contributed by atoms with Gasteiger partial charge in [-0.15, -0.1) is 0 Å². The van der Waals surface area contributed by atoms with E-state index in [9.17, 15) is 5.48 Å². The number of benzene rings is 10. The molecule has 0 bridgehead atoms. The summed E-state index contributed by atoms with van der Waals surface area (Å²) in [7, 11) is 0. The van der Waals surface area contributed by atoms with Gasteiger partial charge < -0.3 is 4.90 Å². The molecule has 0 heterocycles. The molecule has 10 aromatic carbocycles. The topological polar surface area (TPSA) is 3.24 Å². The molecule has 0 spiro atoms. The molecule has 0 fully saturated rings. The zero-order valence-electron chi connectivity index (χ0n) is 35.7. The molecule has 1 nitrogen and oxygen atoms in total. The second-order valence-corrected chi connectivity index (χ2v) is 14.9. The van der Waals surface area contributed by atoms with Gasteiger partial charge in [-0.1, -0.05) is 200 Å². The average Bonchev–Trinajstić information content (AvgIpc) is 3.63. The van der Waals surface area contributed by atoms with Gasteiger partial charge in [0, 0.05) is 17.1 Å². The Balaban J connectivity index is 1.20. The fourth-order valence-corrected chi connectivity index (χ4v) is 9.27. The molecule has 272 valence electrons. The quantitative estimate of drug-likeness (QED) is 0.157. The number of hydrogen-bond acceptors (Lipinski definition) is 1. The van der Waals surface area contributed by atoms with Gasteiger partial charge in [0.1, 0.15) is 0 Å². The molecule has 0 aliphatic heterocycles. The van der Waals surface area contributed by atoms with E-state index in [2.05, 4.69) is 170 Å². The van der Waals surface area contributed by atoms with Crippen LogP contribution in [0.2, 0.25) is 0 Å². The molecule has 1 aliphatic carbocycles. The molecule has 10 aromatic rings. The number of nitrogens with zero attached hydrogens (tertiary/aromatic N) is 1. The van der Waals surface area contributed by atoms with E-state index in [1.165, 1.54) is 5.56 Å². The van der Waals surface area contributed by atoms with Gasteiger partial charge in [0.25, 0.3) is 0 Å². The van der Waals surface area contributed by atoms with Crippen molar-refractivity contribution in [2.24, 2.45) is 0 Å². The minimum Gasteiger partial charge on any atom is -0.310 e. The maximum Gasteiger partial charge on any atom is 0.0714 e. The van der Waals surface area contributed by atoms with Crippen LogP contribution in [-0.2, 0) is 5.41 Å². The highest BCUT2D eigenvalue weighted by Crippen LogP contribution is 2.57. The first-order chi connectivity index (χ1) is 30.4. The zero-order chi connectivity index (χ0) is 42.0. The van der Waals surface area contributed by atoms with E-state index in [4.69, 9.17) is 0 Å². The zero-order valence-corrected chi connectivity index (χ0v) is 31.7. The van der Waals surface area contributed by atoms with Crippen molar-refractivity contribution in [2.45, 2.75) is 5.41 Å². The molecule has 0 amide bonds. The fraction of sp³-hybridized carbons (Fsp3) is 0.0175. The molecule has 1 heteroatoms. The predicted molar refractivity (Wildman–Crippen MR) is 244 cm³/mol. The molecule has 11 rings (SSSR count). The molecular weight excluding hydrogens is 699 g/mol. The van der Waals surface area contributed by atoms with Gasteiger partial charge in [0.2, 0.25) is 0 Å². The SMILES string of the molecule is [2H]c1c([2H])c(-c2cccc3ccccc23)c([2H])c(N(c2ccc(-c3cccc4ccccc34)cc2)c2ccc3c(c2)C(c2ccccc2)(c2ccccc2)c2ccccc2-3)c1[2H]. The summed E-state index contributed by atoms with van der Waals surface area (Å²) >= 11 is 0. The lowest BCUT2D eigenvalue weighted by atomic mass is 9.67. The molecular formula is C57H39N. The maximum absolute atomic E-state index is 10.1. The third kappa shape index (κ3) is 5.39. The highest BCUT2D eigenvalue weighted by Gasteiger charge is 2.46. The molecule has 0 saturated heterocycles. The Hall–Kier alpha value is -7.48. The summed E-state index contributed by atoms with van der Waals surface area (Å²) in [5.41, 5.74) is 11.0. The van der Waals surface area contributed by atoms with Crippen LogP contribution in [0, 0.1) is 0 Å². The van der Waals surface area contributed by atoms with E-state index in [-0.39, 0.29) is 29.9 Å². The monoisotopic (exact) mass is 741 g/mol. The van der Waals surface area contributed by atoms with Crippen molar-refractivity contribution in [1.29, 1.82) is 0 Å². The van der Waals surface area contributed by atoms with Gasteiger partial charge in [0.05, 0.1) is 10.9 Å². The van der Waals surface area contributed by atoms with Crippen LogP contribution >= 0.6 is 0 Å². The average molecular weight is 742 g/mol. The smallest absolute Gasteiger partial charge is 0.0714 e. The highest BCUT2D eigenvalue weighted by molar-refractivity contribution is 5.99. The lowest BCUT2D eigenvalue weighted by molar-refractivity contribution is 0.768. The molecule has 1 aliphatic rings. The first kappa shape index (κ1) is 29.8. The summed E-state index contributed by atoms with van der Waals surface area (Å²) in [6, 6.07) is 72.8. The van der Waals surface area contributed by atoms with Crippen molar-refractivity contribution < 1.29 is 5.48 Å². The van der Waals surface area contributed by atoms with Gasteiger partial charge in [-0.05, 0) is 114 Å². The Labute approximate surface area is 345 Å². The lowest BCUT2D eigenvalue weighted by Gasteiger charge is -2.35. The normalized spacial score (nSPS) is 13.6. The summed E-state index contributed by atoms with van der Waals surface area (Å²) in [5, 5.41) is 4.18. The van der Waals surface area contributed by atoms with Crippen molar-refractivity contribution in [3.05, 3.63) is 259 Å². The van der Waals surface area contributed by atoms with Gasteiger partial charge in [-0.25, -0.2) is 0 Å². The Morgan fingerprint density at radius 3 is 1.55 bits per heavy atom. The van der Waals surface area contributed by atoms with E-state index >= 15 is 0 Å². The number of fused-ring (bicyclic) bond motifs is 5. The van der Waals surface area contributed by atoms with E-state index < -0.39 is 5.41 Å². The lowest BCUT2D eigenvalue weighted by Crippen LogP contribution is -2.28. The van der Waals surface area contributed by atoms with Gasteiger partial charge in [-0.3, -0.25) is 0 Å². The third-order valence-corrected chi connectivity index (χ3v) is 11.8. The summed E-state index contributed by atoms with van der Waals surface area (Å²) < 4.78 is 38.3. The second kappa shape index (κ2) is 13.9. The molecule has 0 atom stereocenters. The van der Waals surface area contributed by atoms with Crippen molar-refractivity contribution in [3.8, 4) is 33.4 Å². The van der Waals surface area contributed by atoms with Gasteiger partial charge >= 0.3 is 0 Å². The highest BCUT2D eigenvalue weighted by atomic mass is 15.1. The summed E-state index contributed by atoms with van der Waals surface area (Å²) in [4.78, 5) is 1.97. The van der Waals surface area contributed by atoms with Crippen LogP contribution in [0.15, 0.2) is 236 Å². The maximum atomic E-state index is 10.1. The van der Waals surface area contributed by atoms with Crippen LogP contribution in [-0.4, -0.2) is 0 Å². The van der Waals surface area contributed by atoms with Crippen LogP contribution < -0.4 is 4.90 Å². The van der Waals surface area contributed by atoms with Crippen LogP contribution in [0.1, 0.15) is 27.7 Å². The first-order valence-corrected chi connectivity index (χ1v) is 19.8. The summed E-state index contributed by atoms with van der Waals surface area (Å²) in [5.74, 6) is 0. The minimum absolute atomic E-state index is 0.0200. The standard InChI is InChI=1S/C57H39N/c1-3-21-44(22-4-1)57(45-23-5-2-6-24-45)55-31-12-11-28-53(55)54-37-36-48(39-56(54)57)58(46-34-32-42(33-35-46)51-29-14-18-40-16-7-9-26-49(40)51)47-25-13-20-43(38-47)52-30-15-19-41-17-8-10-27-50(41)52/h1-39H/i13D,20D,25D,38D. The van der Waals surface area contributed by atoms with Crippen molar-refractivity contribution in [1.82, 2.24) is 0 Å². The number of anilines is 3. The van der Waals surface area contributed by atoms with Gasteiger partial charge in [-0.2, -0.15) is 0 Å². The molecule has 0 unspecified atom stereocenters. The first-order valence-electron chi connectivity index (χ1n) is 21.8. The van der Waals surface area contributed by atoms with Crippen molar-refractivity contribution >= 4 is 38.6 Å². The summed E-state index contributed by atoms with van der Waals surface area (Å²) in [6.45, 7) is 0. The van der Waals surface area contributed by atoms with E-state index in [0.717, 1.165) is 71.9 Å².